The van der Waals surface area contributed by atoms with Crippen LogP contribution < -0.4 is 19.5 Å². The van der Waals surface area contributed by atoms with Crippen molar-refractivity contribution in [3.8, 4) is 17.2 Å². The van der Waals surface area contributed by atoms with Crippen molar-refractivity contribution in [2.75, 3.05) is 34.0 Å². The molecule has 178 valence electrons. The summed E-state index contributed by atoms with van der Waals surface area (Å²) in [6, 6.07) is 4.02. The molecular formula is C25H37NO6. The van der Waals surface area contributed by atoms with E-state index in [2.05, 4.69) is 19.2 Å². The first kappa shape index (κ1) is 23.2. The highest BCUT2D eigenvalue weighted by molar-refractivity contribution is 5.77. The van der Waals surface area contributed by atoms with Gasteiger partial charge in [0.05, 0.1) is 39.1 Å². The molecule has 2 aliphatic heterocycles. The predicted molar refractivity (Wildman–Crippen MR) is 120 cm³/mol. The number of carbonyl (C=O) groups excluding carboxylic acids is 1. The van der Waals surface area contributed by atoms with Crippen LogP contribution in [0.15, 0.2) is 12.1 Å². The van der Waals surface area contributed by atoms with Crippen LogP contribution in [0.4, 0.5) is 0 Å². The molecule has 1 N–H and O–H groups in total. The summed E-state index contributed by atoms with van der Waals surface area (Å²) in [7, 11) is 3.27. The molecule has 2 fully saturated rings. The summed E-state index contributed by atoms with van der Waals surface area (Å²) >= 11 is 0. The van der Waals surface area contributed by atoms with Gasteiger partial charge in [0.1, 0.15) is 0 Å². The normalized spacial score (nSPS) is 31.9. The Kier molecular flexibility index (Phi) is 7.15. The molecule has 0 aromatic heterocycles. The maximum atomic E-state index is 12.7. The second-order valence-corrected chi connectivity index (χ2v) is 9.70. The first-order valence-corrected chi connectivity index (χ1v) is 11.9. The number of benzene rings is 1. The summed E-state index contributed by atoms with van der Waals surface area (Å²) in [6.45, 7) is 6.11. The van der Waals surface area contributed by atoms with Gasteiger partial charge in [0.15, 0.2) is 11.5 Å². The molecule has 1 saturated carbocycles. The molecule has 1 saturated heterocycles. The van der Waals surface area contributed by atoms with Crippen LogP contribution in [-0.2, 0) is 14.3 Å². The highest BCUT2D eigenvalue weighted by Crippen LogP contribution is 2.50. The highest BCUT2D eigenvalue weighted by Gasteiger charge is 2.49. The van der Waals surface area contributed by atoms with Gasteiger partial charge in [-0.25, -0.2) is 0 Å². The Labute approximate surface area is 191 Å². The molecule has 5 atom stereocenters. The van der Waals surface area contributed by atoms with Crippen molar-refractivity contribution in [1.29, 1.82) is 0 Å². The largest absolute Gasteiger partial charge is 0.493 e. The summed E-state index contributed by atoms with van der Waals surface area (Å²) in [5.74, 6) is 2.96. The lowest BCUT2D eigenvalue weighted by Gasteiger charge is -2.52. The van der Waals surface area contributed by atoms with Crippen molar-refractivity contribution in [3.05, 3.63) is 17.7 Å². The molecular weight excluding hydrogens is 410 g/mol. The Balaban J connectivity index is 1.64. The third kappa shape index (κ3) is 4.84. The first-order chi connectivity index (χ1) is 15.4. The molecule has 1 aromatic rings. The van der Waals surface area contributed by atoms with Crippen LogP contribution in [-0.4, -0.2) is 51.6 Å². The van der Waals surface area contributed by atoms with Crippen LogP contribution in [0.5, 0.6) is 17.2 Å². The van der Waals surface area contributed by atoms with Gasteiger partial charge in [-0.3, -0.25) is 4.79 Å². The third-order valence-corrected chi connectivity index (χ3v) is 7.21. The summed E-state index contributed by atoms with van der Waals surface area (Å²) in [5.41, 5.74) is 0.649. The summed E-state index contributed by atoms with van der Waals surface area (Å²) in [4.78, 5) is 12.7. The Hall–Kier alpha value is -1.99. The minimum atomic E-state index is -0.351. The number of hydrogen-bond donors (Lipinski definition) is 1. The summed E-state index contributed by atoms with van der Waals surface area (Å²) in [6.07, 6.45) is 5.06. The Morgan fingerprint density at radius 1 is 1.22 bits per heavy atom. The van der Waals surface area contributed by atoms with E-state index in [1.54, 1.807) is 14.2 Å². The van der Waals surface area contributed by atoms with E-state index in [1.807, 2.05) is 12.1 Å². The fourth-order valence-corrected chi connectivity index (χ4v) is 5.52. The Bertz CT molecular complexity index is 814. The van der Waals surface area contributed by atoms with E-state index in [-0.39, 0.29) is 23.7 Å². The molecule has 4 rings (SSSR count). The molecule has 1 amide bonds. The number of nitrogens with one attached hydrogen (secondary N) is 1. The van der Waals surface area contributed by atoms with Gasteiger partial charge in [-0.2, -0.15) is 0 Å². The summed E-state index contributed by atoms with van der Waals surface area (Å²) in [5, 5.41) is 3.36. The monoisotopic (exact) mass is 447 g/mol. The number of fused-ring (bicyclic) bond motifs is 2. The molecule has 1 aliphatic carbocycles. The van der Waals surface area contributed by atoms with Gasteiger partial charge in [-0.15, -0.1) is 0 Å². The fourth-order valence-electron chi connectivity index (χ4n) is 5.52. The standard InChI is InChI=1S/C25H37NO6/c1-16-6-7-18-19(12-16)32-22(15-25(18,2)26-23(27)8-11-28-3)17-13-20(29-4)24-21(14-17)30-9-5-10-31-24/h13-14,16,18-19,22H,5-12,15H2,1-4H3,(H,26,27)/t16-,18-,19-,22-,25+/m1/s1. The van der Waals surface area contributed by atoms with E-state index >= 15 is 0 Å². The maximum absolute atomic E-state index is 12.7. The van der Waals surface area contributed by atoms with Crippen LogP contribution in [0.25, 0.3) is 0 Å². The van der Waals surface area contributed by atoms with Gasteiger partial charge in [0, 0.05) is 37.8 Å². The van der Waals surface area contributed by atoms with E-state index in [1.165, 1.54) is 0 Å². The van der Waals surface area contributed by atoms with E-state index in [9.17, 15) is 4.79 Å². The Morgan fingerprint density at radius 3 is 2.81 bits per heavy atom. The van der Waals surface area contributed by atoms with Crippen molar-refractivity contribution >= 4 is 5.91 Å². The van der Waals surface area contributed by atoms with Crippen LogP contribution in [0, 0.1) is 11.8 Å². The highest BCUT2D eigenvalue weighted by atomic mass is 16.5. The van der Waals surface area contributed by atoms with Gasteiger partial charge < -0.3 is 29.0 Å². The average molecular weight is 448 g/mol. The van der Waals surface area contributed by atoms with Gasteiger partial charge in [-0.1, -0.05) is 13.3 Å². The van der Waals surface area contributed by atoms with Crippen LogP contribution in [0.1, 0.15) is 64.0 Å². The number of carbonyl (C=O) groups is 1. The lowest BCUT2D eigenvalue weighted by Crippen LogP contribution is -2.60. The molecule has 0 unspecified atom stereocenters. The molecule has 7 nitrogen and oxygen atoms in total. The zero-order chi connectivity index (χ0) is 22.7. The van der Waals surface area contributed by atoms with E-state index < -0.39 is 0 Å². The van der Waals surface area contributed by atoms with Crippen molar-refractivity contribution in [1.82, 2.24) is 5.32 Å². The SMILES string of the molecule is COCCC(=O)N[C@@]1(C)C[C@H](c2cc(OC)c3c(c2)OCCCO3)O[C@@H]2C[C@H](C)CC[C@H]21. The van der Waals surface area contributed by atoms with Crippen LogP contribution in [0.3, 0.4) is 0 Å². The van der Waals surface area contributed by atoms with Gasteiger partial charge >= 0.3 is 0 Å². The van der Waals surface area contributed by atoms with E-state index in [4.69, 9.17) is 23.7 Å². The number of hydrogen-bond acceptors (Lipinski definition) is 6. The molecule has 0 spiro atoms. The predicted octanol–water partition coefficient (Wildman–Crippen LogP) is 4.03. The van der Waals surface area contributed by atoms with Crippen LogP contribution >= 0.6 is 0 Å². The van der Waals surface area contributed by atoms with Gasteiger partial charge in [0.25, 0.3) is 0 Å². The van der Waals surface area contributed by atoms with Gasteiger partial charge in [0.2, 0.25) is 11.7 Å². The molecule has 2 heterocycles. The molecule has 0 radical (unpaired) electrons. The average Bonchev–Trinajstić information content (AvgIpc) is 3.02. The maximum Gasteiger partial charge on any atom is 0.222 e. The topological polar surface area (TPSA) is 75.3 Å². The minimum absolute atomic E-state index is 0.0311. The second-order valence-electron chi connectivity index (χ2n) is 9.70. The lowest BCUT2D eigenvalue weighted by molar-refractivity contribution is -0.154. The molecule has 1 aromatic carbocycles. The Morgan fingerprint density at radius 2 is 2.03 bits per heavy atom. The van der Waals surface area contributed by atoms with Crippen molar-refractivity contribution < 1.29 is 28.5 Å². The molecule has 7 heteroatoms. The third-order valence-electron chi connectivity index (χ3n) is 7.21. The van der Waals surface area contributed by atoms with Crippen molar-refractivity contribution in [3.63, 3.8) is 0 Å². The van der Waals surface area contributed by atoms with E-state index in [0.717, 1.165) is 31.2 Å². The van der Waals surface area contributed by atoms with Crippen molar-refractivity contribution in [2.45, 2.75) is 70.1 Å². The molecule has 3 aliphatic rings. The molecule has 0 bridgehead atoms. The first-order valence-electron chi connectivity index (χ1n) is 11.9. The number of methoxy groups -OCH3 is 2. The summed E-state index contributed by atoms with van der Waals surface area (Å²) < 4.78 is 29.3. The van der Waals surface area contributed by atoms with E-state index in [0.29, 0.717) is 61.7 Å². The fraction of sp³-hybridized carbons (Fsp3) is 0.720. The van der Waals surface area contributed by atoms with Crippen LogP contribution in [0.2, 0.25) is 0 Å². The number of amides is 1. The second kappa shape index (κ2) is 9.87. The zero-order valence-corrected chi connectivity index (χ0v) is 19.8. The van der Waals surface area contributed by atoms with Gasteiger partial charge in [-0.05, 0) is 43.4 Å². The zero-order valence-electron chi connectivity index (χ0n) is 19.8. The lowest BCUT2D eigenvalue weighted by atomic mass is 9.66. The quantitative estimate of drug-likeness (QED) is 0.710. The van der Waals surface area contributed by atoms with Crippen molar-refractivity contribution in [2.24, 2.45) is 11.8 Å². The minimum Gasteiger partial charge on any atom is -0.493 e. The molecule has 32 heavy (non-hydrogen) atoms. The smallest absolute Gasteiger partial charge is 0.222 e. The number of ether oxygens (including phenoxy) is 5. The number of rotatable bonds is 6.